The molecule has 16 bridgehead atoms. The van der Waals surface area contributed by atoms with Gasteiger partial charge < -0.3 is 157 Å². The van der Waals surface area contributed by atoms with Gasteiger partial charge in [0.1, 0.15) is 146 Å². The van der Waals surface area contributed by atoms with Crippen molar-refractivity contribution in [2.45, 2.75) is 246 Å². The molecule has 0 saturated carbocycles. The van der Waals surface area contributed by atoms with E-state index in [1.807, 2.05) is 0 Å². The molecule has 0 unspecified atom stereocenters. The molecule has 16 N–H and O–H groups in total. The predicted octanol–water partition coefficient (Wildman–Crippen LogP) is -6.19. The zero-order valence-electron chi connectivity index (χ0n) is 45.5. The van der Waals surface area contributed by atoms with Crippen LogP contribution in [0.25, 0.3) is 0 Å². The molecule has 0 aromatic carbocycles. The number of rotatable bonds is 8. The summed E-state index contributed by atoms with van der Waals surface area (Å²) in [4.78, 5) is 0. The number of alkyl halides is 8. The molecule has 88 heavy (non-hydrogen) atoms. The van der Waals surface area contributed by atoms with Crippen LogP contribution in [0.4, 0.5) is 0 Å². The minimum atomic E-state index is -1.99. The third kappa shape index (κ3) is 15.3. The molecule has 0 aliphatic carbocycles. The van der Waals surface area contributed by atoms with Crippen molar-refractivity contribution in [3.63, 3.8) is 0 Å². The molecule has 0 aromatic heterocycles. The van der Waals surface area contributed by atoms with Crippen molar-refractivity contribution in [2.75, 3.05) is 42.6 Å². The van der Waals surface area contributed by atoms with Crippen LogP contribution in [0.15, 0.2) is 0 Å². The normalized spacial score (nSPS) is 55.4. The molecular formula is C48H72Br8O32. The van der Waals surface area contributed by atoms with Gasteiger partial charge >= 0.3 is 0 Å². The summed E-state index contributed by atoms with van der Waals surface area (Å²) in [5.74, 6) is 0. The van der Waals surface area contributed by atoms with Crippen molar-refractivity contribution in [2.24, 2.45) is 0 Å². The van der Waals surface area contributed by atoms with Crippen LogP contribution >= 0.6 is 127 Å². The largest absolute Gasteiger partial charge is 0.387 e. The summed E-state index contributed by atoms with van der Waals surface area (Å²) in [6.07, 6.45) is -67.7. The van der Waals surface area contributed by atoms with Gasteiger partial charge in [0, 0.05) is 42.6 Å². The van der Waals surface area contributed by atoms with Gasteiger partial charge in [0.25, 0.3) is 0 Å². The first kappa shape index (κ1) is 74.8. The van der Waals surface area contributed by atoms with E-state index in [1.165, 1.54) is 0 Å². The molecule has 0 amide bonds. The monoisotopic (exact) mass is 1790 g/mol. The number of ether oxygens (including phenoxy) is 16. The Morgan fingerprint density at radius 1 is 0.148 bits per heavy atom. The fourth-order valence-electron chi connectivity index (χ4n) is 11.7. The number of aliphatic hydroxyl groups excluding tert-OH is 16. The maximum atomic E-state index is 11.6. The quantitative estimate of drug-likeness (QED) is 0.101. The molecule has 21 heterocycles. The second-order valence-electron chi connectivity index (χ2n) is 22.2. The lowest BCUT2D eigenvalue weighted by Crippen LogP contribution is -2.68. The first-order chi connectivity index (χ1) is 41.9. The zero-order chi connectivity index (χ0) is 64.1. The highest BCUT2D eigenvalue weighted by Gasteiger charge is 2.60. The third-order valence-electron chi connectivity index (χ3n) is 16.7. The van der Waals surface area contributed by atoms with Gasteiger partial charge in [-0.3, -0.25) is 0 Å². The number of hydrogen-bond donors (Lipinski definition) is 16. The third-order valence-corrected chi connectivity index (χ3v) is 21.8. The Bertz CT molecular complexity index is 1730. The molecule has 512 valence electrons. The van der Waals surface area contributed by atoms with E-state index in [4.69, 9.17) is 75.8 Å². The molecular weight excluding hydrogens is 1730 g/mol. The summed E-state index contributed by atoms with van der Waals surface area (Å²) in [6, 6.07) is 0. The van der Waals surface area contributed by atoms with Gasteiger partial charge in [0.2, 0.25) is 0 Å². The molecule has 40 heteroatoms. The Kier molecular flexibility index (Phi) is 27.8. The lowest BCUT2D eigenvalue weighted by molar-refractivity contribution is -0.396. The van der Waals surface area contributed by atoms with Gasteiger partial charge in [-0.25, -0.2) is 0 Å². The highest BCUT2D eigenvalue weighted by molar-refractivity contribution is 9.10. The van der Waals surface area contributed by atoms with E-state index >= 15 is 0 Å². The molecule has 40 atom stereocenters. The fourth-order valence-corrected chi connectivity index (χ4v) is 15.9. The van der Waals surface area contributed by atoms with Crippen LogP contribution in [0.2, 0.25) is 0 Å². The number of hydrogen-bond acceptors (Lipinski definition) is 32. The van der Waals surface area contributed by atoms with E-state index in [1.54, 1.807) is 0 Å². The lowest BCUT2D eigenvalue weighted by atomic mass is 9.95. The Morgan fingerprint density at radius 3 is 0.318 bits per heavy atom. The van der Waals surface area contributed by atoms with Crippen molar-refractivity contribution >= 4 is 127 Å². The van der Waals surface area contributed by atoms with Crippen LogP contribution in [0.1, 0.15) is 0 Å². The van der Waals surface area contributed by atoms with E-state index in [-0.39, 0.29) is 42.6 Å². The van der Waals surface area contributed by atoms with Crippen molar-refractivity contribution in [1.82, 2.24) is 0 Å². The van der Waals surface area contributed by atoms with Gasteiger partial charge in [0.05, 0.1) is 48.8 Å². The van der Waals surface area contributed by atoms with Crippen molar-refractivity contribution in [3.8, 4) is 0 Å². The van der Waals surface area contributed by atoms with Gasteiger partial charge in [-0.1, -0.05) is 127 Å². The smallest absolute Gasteiger partial charge is 0.187 e. The molecule has 21 fully saturated rings. The lowest BCUT2D eigenvalue weighted by Gasteiger charge is -2.50. The highest BCUT2D eigenvalue weighted by Crippen LogP contribution is 2.41. The summed E-state index contributed by atoms with van der Waals surface area (Å²) in [6.45, 7) is 0. The molecule has 21 aliphatic heterocycles. The predicted molar refractivity (Wildman–Crippen MR) is 315 cm³/mol. The Hall–Kier alpha value is 2.56. The minimum absolute atomic E-state index is 0.130. The van der Waals surface area contributed by atoms with E-state index in [2.05, 4.69) is 127 Å². The SMILES string of the molecule is O[C@H]1[C@H]2O[C@H]3[C@@H](O)[C@@H](O)[C@@H](O[C@H]4[C@@H](O)[C@@H](O)[C@@H](O[C@H]5[C@@H](O)[C@@H](O)[C@@H](O[C@H]6[C@@H](O)[C@@H](O)[C@@H](O[C@H]7[C@@H](O)[C@@H](O)[C@@H](O[C@H]8[C@@H](O)[C@@H](O)[C@@H](O[C@H]9[C@@H](O)[C@@H](O)[C@@H](O[C@@H]([C@H]1O)[C@@H](CBr)O2)O[C@@H]9CBr)O[C@@H]8CBr)O[C@@H]7CBr)O[C@@H]6CBr)O[C@@H]5CBr)O[C@@H]4CBr)O[C@@H]3CBr. The summed E-state index contributed by atoms with van der Waals surface area (Å²) < 4.78 is 96.6. The highest BCUT2D eigenvalue weighted by atomic mass is 79.9. The fraction of sp³-hybridized carbons (Fsp3) is 1.00. The molecule has 21 aliphatic rings. The van der Waals surface area contributed by atoms with Crippen LogP contribution in [0.3, 0.4) is 0 Å². The standard InChI is InChI=1S/C48H72Br8O32/c49-1-9-33-17(57)25(65)41(73-9)82-34-10(2-50)75-43(27(67)19(34)59)84-36-12(4-52)77-45(29(69)21(36)61)86-38-14(6-54)79-47(31(71)23(38)63)88-40-16(8-56)80-48(32(72)24(40)64)87-39-15(7-55)78-46(30(70)22(39)62)85-37-13(5-53)76-44(28(68)20(37)60)83-35-11(3-51)74-42(81-33)26(66)18(35)58/h9-48,57-72H,1-8H2/t9-,10-,11-,12-,13-,14-,15-,16-,17+,18+,19+,20+,21+,22+,23+,24+,25-,26-,27-,28-,29-,30-,31-,32-,33-,34-,35-,36-,37-,38-,39-,40-,41-,42-,43-,44-,45-,46-,47-,48-/m1/s1. The average molecular weight is 1800 g/mol. The Balaban J connectivity index is 0.975. The zero-order valence-corrected chi connectivity index (χ0v) is 58.1. The minimum Gasteiger partial charge on any atom is -0.387 e. The maximum Gasteiger partial charge on any atom is 0.187 e. The molecule has 0 radical (unpaired) electrons. The van der Waals surface area contributed by atoms with Gasteiger partial charge in [-0.15, -0.1) is 0 Å². The van der Waals surface area contributed by atoms with Crippen molar-refractivity contribution in [1.29, 1.82) is 0 Å². The van der Waals surface area contributed by atoms with E-state index < -0.39 is 246 Å². The molecule has 0 aromatic rings. The summed E-state index contributed by atoms with van der Waals surface area (Å²) in [7, 11) is 0. The molecule has 0 spiro atoms. The van der Waals surface area contributed by atoms with E-state index in [9.17, 15) is 81.7 Å². The van der Waals surface area contributed by atoms with E-state index in [0.717, 1.165) is 0 Å². The number of halogens is 8. The van der Waals surface area contributed by atoms with Crippen molar-refractivity contribution < 1.29 is 157 Å². The van der Waals surface area contributed by atoms with Crippen LogP contribution in [-0.4, -0.2) is 370 Å². The van der Waals surface area contributed by atoms with E-state index in [0.29, 0.717) is 0 Å². The van der Waals surface area contributed by atoms with Crippen LogP contribution in [0, 0.1) is 0 Å². The first-order valence-electron chi connectivity index (χ1n) is 27.7. The van der Waals surface area contributed by atoms with Crippen LogP contribution in [0.5, 0.6) is 0 Å². The van der Waals surface area contributed by atoms with Gasteiger partial charge in [0.15, 0.2) is 50.3 Å². The summed E-state index contributed by atoms with van der Waals surface area (Å²) >= 11 is 26.4. The van der Waals surface area contributed by atoms with Crippen LogP contribution < -0.4 is 0 Å². The van der Waals surface area contributed by atoms with Crippen LogP contribution in [-0.2, 0) is 75.8 Å². The summed E-state index contributed by atoms with van der Waals surface area (Å²) in [5, 5.41) is 184. The molecule has 21 saturated heterocycles. The molecule has 32 nitrogen and oxygen atoms in total. The Morgan fingerprint density at radius 2 is 0.239 bits per heavy atom. The van der Waals surface area contributed by atoms with Gasteiger partial charge in [-0.2, -0.15) is 0 Å². The number of aliphatic hydroxyl groups is 16. The summed E-state index contributed by atoms with van der Waals surface area (Å²) in [5.41, 5.74) is 0. The first-order valence-corrected chi connectivity index (χ1v) is 36.7. The van der Waals surface area contributed by atoms with Gasteiger partial charge in [-0.05, 0) is 0 Å². The Labute approximate surface area is 568 Å². The maximum absolute atomic E-state index is 11.6. The second-order valence-corrected chi connectivity index (χ2v) is 27.4. The molecule has 21 rings (SSSR count). The second kappa shape index (κ2) is 32.7. The average Bonchev–Trinajstić information content (AvgIpc) is 1.02. The van der Waals surface area contributed by atoms with Crippen molar-refractivity contribution in [3.05, 3.63) is 0 Å². The topological polar surface area (TPSA) is 471 Å².